The minimum atomic E-state index is -3.05. The van der Waals surface area contributed by atoms with Gasteiger partial charge in [-0.15, -0.1) is 0 Å². The van der Waals surface area contributed by atoms with Gasteiger partial charge in [0.2, 0.25) is 5.91 Å². The van der Waals surface area contributed by atoms with E-state index in [9.17, 15) is 23.3 Å². The minimum absolute atomic E-state index is 0.0114. The van der Waals surface area contributed by atoms with E-state index < -0.39 is 14.8 Å². The Kier molecular flexibility index (Phi) is 5.79. The number of rotatable bonds is 6. The standard InChI is InChI=1S/C16H23N3O5S/c1-12(13-5-4-6-14(9-13)19(21)22)17(2)10-16(20)18(3)15-7-8-25(23,24)11-15/h4-6,9,12,15H,7-8,10-11H2,1-3H3/t12-,15+/m0/s1. The lowest BCUT2D eigenvalue weighted by Gasteiger charge is -2.29. The molecule has 0 spiro atoms. The molecular weight excluding hydrogens is 346 g/mol. The Labute approximate surface area is 147 Å². The summed E-state index contributed by atoms with van der Waals surface area (Å²) in [7, 11) is 0.343. The van der Waals surface area contributed by atoms with Gasteiger partial charge in [0.25, 0.3) is 5.69 Å². The molecular formula is C16H23N3O5S. The lowest BCUT2D eigenvalue weighted by atomic mass is 10.1. The topological polar surface area (TPSA) is 101 Å². The fourth-order valence-corrected chi connectivity index (χ4v) is 4.67. The van der Waals surface area contributed by atoms with Gasteiger partial charge in [0, 0.05) is 31.3 Å². The van der Waals surface area contributed by atoms with Crippen LogP contribution in [0.25, 0.3) is 0 Å². The highest BCUT2D eigenvalue weighted by Gasteiger charge is 2.33. The quantitative estimate of drug-likeness (QED) is 0.552. The van der Waals surface area contributed by atoms with Crippen LogP contribution >= 0.6 is 0 Å². The van der Waals surface area contributed by atoms with Gasteiger partial charge < -0.3 is 4.90 Å². The summed E-state index contributed by atoms with van der Waals surface area (Å²) in [5, 5.41) is 10.9. The molecule has 0 radical (unpaired) electrons. The van der Waals surface area contributed by atoms with E-state index in [2.05, 4.69) is 0 Å². The van der Waals surface area contributed by atoms with Crippen LogP contribution in [0.1, 0.15) is 24.9 Å². The molecule has 1 saturated heterocycles. The van der Waals surface area contributed by atoms with Gasteiger partial charge in [0.15, 0.2) is 9.84 Å². The van der Waals surface area contributed by atoms with E-state index in [1.165, 1.54) is 17.0 Å². The average molecular weight is 369 g/mol. The second kappa shape index (κ2) is 7.49. The normalized spacial score (nSPS) is 20.4. The SMILES string of the molecule is C[C@@H](c1cccc([N+](=O)[O-])c1)N(C)CC(=O)N(C)[C@@H]1CCS(=O)(=O)C1. The summed E-state index contributed by atoms with van der Waals surface area (Å²) in [5.41, 5.74) is 0.757. The van der Waals surface area contributed by atoms with E-state index >= 15 is 0 Å². The fourth-order valence-electron chi connectivity index (χ4n) is 2.90. The summed E-state index contributed by atoms with van der Waals surface area (Å²) in [4.78, 5) is 26.2. The molecule has 1 fully saturated rings. The Hall–Kier alpha value is -2.00. The third-order valence-electron chi connectivity index (χ3n) is 4.76. The molecule has 9 heteroatoms. The molecule has 138 valence electrons. The molecule has 1 aliphatic rings. The van der Waals surface area contributed by atoms with Crippen molar-refractivity contribution in [1.82, 2.24) is 9.80 Å². The molecule has 2 atom stereocenters. The van der Waals surface area contributed by atoms with E-state index in [-0.39, 0.29) is 41.7 Å². The molecule has 0 saturated carbocycles. The van der Waals surface area contributed by atoms with Gasteiger partial charge in [-0.05, 0) is 26.0 Å². The molecule has 1 aliphatic heterocycles. The maximum atomic E-state index is 12.4. The highest BCUT2D eigenvalue weighted by molar-refractivity contribution is 7.91. The van der Waals surface area contributed by atoms with Crippen molar-refractivity contribution in [2.75, 3.05) is 32.1 Å². The molecule has 1 aromatic carbocycles. The van der Waals surface area contributed by atoms with Crippen molar-refractivity contribution in [3.05, 3.63) is 39.9 Å². The number of nitro benzene ring substituents is 1. The average Bonchev–Trinajstić information content (AvgIpc) is 2.93. The smallest absolute Gasteiger partial charge is 0.269 e. The molecule has 8 nitrogen and oxygen atoms in total. The monoisotopic (exact) mass is 369 g/mol. The third-order valence-corrected chi connectivity index (χ3v) is 6.51. The molecule has 0 aromatic heterocycles. The predicted molar refractivity (Wildman–Crippen MR) is 94.0 cm³/mol. The van der Waals surface area contributed by atoms with Gasteiger partial charge in [-0.2, -0.15) is 0 Å². The Balaban J connectivity index is 2.00. The first-order valence-corrected chi connectivity index (χ1v) is 9.83. The predicted octanol–water partition coefficient (Wildman–Crippen LogP) is 1.23. The highest BCUT2D eigenvalue weighted by Crippen LogP contribution is 2.23. The Morgan fingerprint density at radius 1 is 1.40 bits per heavy atom. The van der Waals surface area contributed by atoms with Crippen LogP contribution in [0.4, 0.5) is 5.69 Å². The van der Waals surface area contributed by atoms with Crippen molar-refractivity contribution in [3.8, 4) is 0 Å². The summed E-state index contributed by atoms with van der Waals surface area (Å²) in [5.74, 6) is -0.0314. The van der Waals surface area contributed by atoms with E-state index in [4.69, 9.17) is 0 Å². The highest BCUT2D eigenvalue weighted by atomic mass is 32.2. The van der Waals surface area contributed by atoms with Gasteiger partial charge in [-0.25, -0.2) is 8.42 Å². The second-order valence-electron chi connectivity index (χ2n) is 6.50. The number of non-ortho nitro benzene ring substituents is 1. The molecule has 0 unspecified atom stereocenters. The molecule has 0 N–H and O–H groups in total. The van der Waals surface area contributed by atoms with Gasteiger partial charge >= 0.3 is 0 Å². The minimum Gasteiger partial charge on any atom is -0.341 e. The van der Waals surface area contributed by atoms with Crippen LogP contribution in [0.5, 0.6) is 0 Å². The molecule has 1 amide bonds. The van der Waals surface area contributed by atoms with Crippen LogP contribution in [0, 0.1) is 10.1 Å². The van der Waals surface area contributed by atoms with Crippen LogP contribution in [0.15, 0.2) is 24.3 Å². The number of sulfone groups is 1. The number of hydrogen-bond acceptors (Lipinski definition) is 6. The lowest BCUT2D eigenvalue weighted by Crippen LogP contribution is -2.43. The third kappa shape index (κ3) is 4.76. The summed E-state index contributed by atoms with van der Waals surface area (Å²) in [6.45, 7) is 1.98. The maximum absolute atomic E-state index is 12.4. The van der Waals surface area contributed by atoms with Crippen LogP contribution < -0.4 is 0 Å². The number of benzene rings is 1. The Morgan fingerprint density at radius 2 is 2.08 bits per heavy atom. The Morgan fingerprint density at radius 3 is 2.64 bits per heavy atom. The first kappa shape index (κ1) is 19.3. The van der Waals surface area contributed by atoms with Gasteiger partial charge in [-0.1, -0.05) is 12.1 Å². The number of likely N-dealkylation sites (N-methyl/N-ethyl adjacent to an activating group) is 2. The number of amides is 1. The first-order valence-electron chi connectivity index (χ1n) is 8.01. The molecule has 25 heavy (non-hydrogen) atoms. The number of hydrogen-bond donors (Lipinski definition) is 0. The second-order valence-corrected chi connectivity index (χ2v) is 8.73. The van der Waals surface area contributed by atoms with Crippen molar-refractivity contribution < 1.29 is 18.1 Å². The van der Waals surface area contributed by atoms with Crippen LogP contribution in [-0.4, -0.2) is 67.2 Å². The first-order chi connectivity index (χ1) is 11.6. The van der Waals surface area contributed by atoms with E-state index in [1.54, 1.807) is 31.1 Å². The summed E-state index contributed by atoms with van der Waals surface area (Å²) >= 11 is 0. The van der Waals surface area contributed by atoms with Gasteiger partial charge in [0.05, 0.1) is 23.0 Å². The number of carbonyl (C=O) groups excluding carboxylic acids is 1. The van der Waals surface area contributed by atoms with Crippen molar-refractivity contribution in [3.63, 3.8) is 0 Å². The molecule has 2 rings (SSSR count). The maximum Gasteiger partial charge on any atom is 0.269 e. The zero-order chi connectivity index (χ0) is 18.8. The number of carbonyl (C=O) groups is 1. The molecule has 0 bridgehead atoms. The van der Waals surface area contributed by atoms with Crippen LogP contribution in [-0.2, 0) is 14.6 Å². The largest absolute Gasteiger partial charge is 0.341 e. The van der Waals surface area contributed by atoms with Crippen molar-refractivity contribution in [1.29, 1.82) is 0 Å². The van der Waals surface area contributed by atoms with Crippen molar-refractivity contribution in [2.24, 2.45) is 0 Å². The summed E-state index contributed by atoms with van der Waals surface area (Å²) in [6, 6.07) is 5.86. The van der Waals surface area contributed by atoms with Crippen LogP contribution in [0.2, 0.25) is 0 Å². The zero-order valence-corrected chi connectivity index (χ0v) is 15.4. The number of nitrogens with zero attached hydrogens (tertiary/aromatic N) is 3. The molecule has 0 aliphatic carbocycles. The number of nitro groups is 1. The van der Waals surface area contributed by atoms with E-state index in [0.717, 1.165) is 5.56 Å². The zero-order valence-electron chi connectivity index (χ0n) is 14.6. The Bertz CT molecular complexity index is 765. The van der Waals surface area contributed by atoms with Gasteiger partial charge in [0.1, 0.15) is 0 Å². The lowest BCUT2D eigenvalue weighted by molar-refractivity contribution is -0.384. The van der Waals surface area contributed by atoms with Crippen molar-refractivity contribution in [2.45, 2.75) is 25.4 Å². The summed E-state index contributed by atoms with van der Waals surface area (Å²) < 4.78 is 23.1. The van der Waals surface area contributed by atoms with Gasteiger partial charge in [-0.3, -0.25) is 19.8 Å². The van der Waals surface area contributed by atoms with E-state index in [0.29, 0.717) is 6.42 Å². The van der Waals surface area contributed by atoms with Crippen LogP contribution in [0.3, 0.4) is 0 Å². The fraction of sp³-hybridized carbons (Fsp3) is 0.562. The van der Waals surface area contributed by atoms with Crippen molar-refractivity contribution >= 4 is 21.4 Å². The molecule has 1 heterocycles. The molecule has 1 aromatic rings. The summed E-state index contributed by atoms with van der Waals surface area (Å²) in [6.07, 6.45) is 0.467. The van der Waals surface area contributed by atoms with E-state index in [1.807, 2.05) is 6.92 Å².